The fraction of sp³-hybridized carbons (Fsp3) is 0.167. The van der Waals surface area contributed by atoms with Gasteiger partial charge in [-0.3, -0.25) is 0 Å². The summed E-state index contributed by atoms with van der Waals surface area (Å²) in [6.07, 6.45) is -1.09. The third-order valence-corrected chi connectivity index (χ3v) is 7.45. The summed E-state index contributed by atoms with van der Waals surface area (Å²) in [5, 5.41) is 0. The number of alkyl halides is 2. The summed E-state index contributed by atoms with van der Waals surface area (Å²) in [6.45, 7) is 2.00. The van der Waals surface area contributed by atoms with E-state index in [-0.39, 0.29) is 16.7 Å². The Bertz CT molecular complexity index is 1840. The van der Waals surface area contributed by atoms with Gasteiger partial charge in [-0.2, -0.15) is 8.78 Å². The average molecular weight is 645 g/mol. The van der Waals surface area contributed by atoms with Crippen LogP contribution in [0.15, 0.2) is 84.9 Å². The molecule has 0 fully saturated rings. The van der Waals surface area contributed by atoms with Gasteiger partial charge in [0.15, 0.2) is 17.5 Å². The van der Waals surface area contributed by atoms with E-state index in [1.807, 2.05) is 6.92 Å². The van der Waals surface area contributed by atoms with Crippen molar-refractivity contribution in [3.05, 3.63) is 137 Å². The van der Waals surface area contributed by atoms with Gasteiger partial charge in [-0.1, -0.05) is 62.2 Å². The number of benzene rings is 5. The Balaban J connectivity index is 1.34. The smallest absolute Gasteiger partial charge is 0.429 e. The summed E-state index contributed by atoms with van der Waals surface area (Å²) in [4.78, 5) is 0. The Kier molecular flexibility index (Phi) is 9.46. The van der Waals surface area contributed by atoms with Gasteiger partial charge in [-0.25, -0.2) is 30.7 Å². The highest BCUT2D eigenvalue weighted by atomic mass is 19.3. The molecule has 0 N–H and O–H groups in total. The molecule has 0 amide bonds. The lowest BCUT2D eigenvalue weighted by Gasteiger charge is -2.20. The van der Waals surface area contributed by atoms with Crippen LogP contribution < -0.4 is 4.74 Å². The van der Waals surface area contributed by atoms with Crippen molar-refractivity contribution < 1.29 is 44.3 Å². The lowest BCUT2D eigenvalue weighted by atomic mass is 9.97. The van der Waals surface area contributed by atoms with Crippen LogP contribution in [0.3, 0.4) is 0 Å². The van der Waals surface area contributed by atoms with Crippen molar-refractivity contribution in [2.24, 2.45) is 0 Å². The molecule has 238 valence electrons. The van der Waals surface area contributed by atoms with E-state index >= 15 is 8.78 Å². The lowest BCUT2D eigenvalue weighted by molar-refractivity contribution is -0.187. The highest BCUT2D eigenvalue weighted by molar-refractivity contribution is 5.74. The van der Waals surface area contributed by atoms with Crippen LogP contribution in [0.4, 0.5) is 39.5 Å². The maximum absolute atomic E-state index is 15.1. The molecule has 0 aromatic heterocycles. The Labute approximate surface area is 258 Å². The molecule has 0 radical (unpaired) electrons. The molecule has 46 heavy (non-hydrogen) atoms. The number of aryl methyl sites for hydroxylation is 1. The van der Waals surface area contributed by atoms with Crippen molar-refractivity contribution in [1.82, 2.24) is 0 Å². The van der Waals surface area contributed by atoms with Gasteiger partial charge in [0.05, 0.1) is 11.1 Å². The van der Waals surface area contributed by atoms with Crippen molar-refractivity contribution >= 4 is 0 Å². The lowest BCUT2D eigenvalue weighted by Crippen LogP contribution is -2.23. The molecule has 0 aliphatic rings. The molecule has 0 aliphatic heterocycles. The summed E-state index contributed by atoms with van der Waals surface area (Å²) in [5.74, 6) is -9.99. The zero-order valence-electron chi connectivity index (χ0n) is 24.2. The fourth-order valence-corrected chi connectivity index (χ4v) is 5.09. The van der Waals surface area contributed by atoms with E-state index < -0.39 is 63.7 Å². The van der Waals surface area contributed by atoms with Crippen molar-refractivity contribution in [3.8, 4) is 39.1 Å². The standard InChI is InChI=1S/C36H25F9O/c1-2-3-4-5-20-6-13-27(29(38)14-20)36(44,45)46-25-18-30(39)34(31(40)19-25)22-9-7-21(8-10-22)23-11-12-26(28(37)15-23)24-16-32(41)35(43)33(42)17-24/h6-19H,2-5H2,1H3. The number of hydrogen-bond acceptors (Lipinski definition) is 1. The minimum absolute atomic E-state index is 0.0242. The monoisotopic (exact) mass is 644 g/mol. The molecule has 0 bridgehead atoms. The molecule has 0 unspecified atom stereocenters. The minimum Gasteiger partial charge on any atom is -0.429 e. The van der Waals surface area contributed by atoms with E-state index in [1.165, 1.54) is 42.5 Å². The second kappa shape index (κ2) is 13.3. The van der Waals surface area contributed by atoms with Gasteiger partial charge in [0, 0.05) is 17.7 Å². The summed E-state index contributed by atoms with van der Waals surface area (Å²) >= 11 is 0. The molecule has 10 heteroatoms. The first kappa shape index (κ1) is 32.7. The first-order chi connectivity index (χ1) is 21.9. The van der Waals surface area contributed by atoms with Gasteiger partial charge in [0.25, 0.3) is 0 Å². The minimum atomic E-state index is -4.22. The van der Waals surface area contributed by atoms with Crippen LogP contribution in [0.2, 0.25) is 0 Å². The Morgan fingerprint density at radius 3 is 1.72 bits per heavy atom. The zero-order chi connectivity index (χ0) is 33.2. The third kappa shape index (κ3) is 6.90. The van der Waals surface area contributed by atoms with Gasteiger partial charge < -0.3 is 4.74 Å². The molecule has 0 atom stereocenters. The van der Waals surface area contributed by atoms with Gasteiger partial charge in [-0.05, 0) is 71.0 Å². The van der Waals surface area contributed by atoms with Crippen molar-refractivity contribution in [2.45, 2.75) is 38.7 Å². The third-order valence-electron chi connectivity index (χ3n) is 7.45. The predicted molar refractivity (Wildman–Crippen MR) is 157 cm³/mol. The molecule has 5 rings (SSSR count). The molecule has 5 aromatic carbocycles. The quantitative estimate of drug-likeness (QED) is 0.0835. The normalized spacial score (nSPS) is 11.6. The second-order valence-corrected chi connectivity index (χ2v) is 10.7. The van der Waals surface area contributed by atoms with E-state index in [0.717, 1.165) is 37.5 Å². The Hall–Kier alpha value is -4.73. The molecular weight excluding hydrogens is 619 g/mol. The molecule has 5 aromatic rings. The molecule has 0 saturated heterocycles. The summed E-state index contributed by atoms with van der Waals surface area (Å²) in [6, 6.07) is 14.9. The van der Waals surface area contributed by atoms with E-state index in [4.69, 9.17) is 0 Å². The molecule has 1 nitrogen and oxygen atoms in total. The number of unbranched alkanes of at least 4 members (excludes halogenated alkanes) is 2. The Morgan fingerprint density at radius 1 is 0.543 bits per heavy atom. The number of hydrogen-bond donors (Lipinski definition) is 0. The molecule has 0 spiro atoms. The largest absolute Gasteiger partial charge is 0.429 e. The SMILES string of the molecule is CCCCCc1ccc(C(F)(F)Oc2cc(F)c(-c3ccc(-c4ccc(-c5cc(F)c(F)c(F)c5)c(F)c4)cc3)c(F)c2)c(F)c1. The van der Waals surface area contributed by atoms with Crippen LogP contribution in [0.25, 0.3) is 33.4 Å². The van der Waals surface area contributed by atoms with Crippen LogP contribution in [-0.2, 0) is 12.5 Å². The van der Waals surface area contributed by atoms with Gasteiger partial charge in [-0.15, -0.1) is 0 Å². The average Bonchev–Trinajstić information content (AvgIpc) is 2.99. The van der Waals surface area contributed by atoms with Crippen molar-refractivity contribution in [1.29, 1.82) is 0 Å². The highest BCUT2D eigenvalue weighted by Crippen LogP contribution is 2.37. The van der Waals surface area contributed by atoms with Crippen LogP contribution >= 0.6 is 0 Å². The van der Waals surface area contributed by atoms with Gasteiger partial charge in [0.1, 0.15) is 29.0 Å². The maximum atomic E-state index is 15.1. The summed E-state index contributed by atoms with van der Waals surface area (Å²) in [5.41, 5.74) is -0.742. The number of ether oxygens (including phenoxy) is 1. The zero-order valence-corrected chi connectivity index (χ0v) is 24.2. The molecule has 0 saturated carbocycles. The Morgan fingerprint density at radius 2 is 1.13 bits per heavy atom. The van der Waals surface area contributed by atoms with Crippen molar-refractivity contribution in [3.63, 3.8) is 0 Å². The van der Waals surface area contributed by atoms with Crippen LogP contribution in [0.5, 0.6) is 5.75 Å². The fourth-order valence-electron chi connectivity index (χ4n) is 5.09. The van der Waals surface area contributed by atoms with Gasteiger partial charge >= 0.3 is 6.11 Å². The van der Waals surface area contributed by atoms with Crippen LogP contribution in [0, 0.1) is 40.7 Å². The highest BCUT2D eigenvalue weighted by Gasteiger charge is 2.38. The van der Waals surface area contributed by atoms with E-state index in [1.54, 1.807) is 0 Å². The summed E-state index contributed by atoms with van der Waals surface area (Å²) < 4.78 is 134. The number of halogens is 9. The maximum Gasteiger partial charge on any atom is 0.429 e. The number of rotatable bonds is 10. The predicted octanol–water partition coefficient (Wildman–Crippen LogP) is 11.5. The van der Waals surface area contributed by atoms with Crippen LogP contribution in [0.1, 0.15) is 37.3 Å². The molecular formula is C36H25F9O. The van der Waals surface area contributed by atoms with E-state index in [9.17, 15) is 30.7 Å². The first-order valence-electron chi connectivity index (χ1n) is 14.3. The first-order valence-corrected chi connectivity index (χ1v) is 14.3. The second-order valence-electron chi connectivity index (χ2n) is 10.7. The topological polar surface area (TPSA) is 9.23 Å². The van der Waals surface area contributed by atoms with Crippen LogP contribution in [-0.4, -0.2) is 0 Å². The molecule has 0 aliphatic carbocycles. The van der Waals surface area contributed by atoms with E-state index in [2.05, 4.69) is 4.74 Å². The van der Waals surface area contributed by atoms with Gasteiger partial charge in [0.2, 0.25) is 0 Å². The van der Waals surface area contributed by atoms with Crippen molar-refractivity contribution in [2.75, 3.05) is 0 Å². The van der Waals surface area contributed by atoms with E-state index in [0.29, 0.717) is 47.4 Å². The molecule has 0 heterocycles. The summed E-state index contributed by atoms with van der Waals surface area (Å²) in [7, 11) is 0.